The maximum absolute atomic E-state index is 10.3. The van der Waals surface area contributed by atoms with Crippen molar-refractivity contribution in [3.8, 4) is 11.5 Å². The lowest BCUT2D eigenvalue weighted by Crippen LogP contribution is -2.47. The van der Waals surface area contributed by atoms with Gasteiger partial charge in [-0.2, -0.15) is 0 Å². The minimum Gasteiger partial charge on any atom is -0.493 e. The van der Waals surface area contributed by atoms with Crippen molar-refractivity contribution in [3.05, 3.63) is 71.3 Å². The van der Waals surface area contributed by atoms with E-state index in [-0.39, 0.29) is 17.4 Å². The number of aliphatic hydroxyl groups excluding tert-OH is 1. The second-order valence-electron chi connectivity index (χ2n) is 7.99. The van der Waals surface area contributed by atoms with Crippen LogP contribution in [0, 0.1) is 0 Å². The highest BCUT2D eigenvalue weighted by Gasteiger charge is 2.57. The fourth-order valence-corrected chi connectivity index (χ4v) is 5.29. The molecule has 27 heavy (non-hydrogen) atoms. The largest absolute Gasteiger partial charge is 0.493 e. The van der Waals surface area contributed by atoms with Gasteiger partial charge in [-0.05, 0) is 24.2 Å². The summed E-state index contributed by atoms with van der Waals surface area (Å²) in [5.41, 5.74) is 3.55. The Kier molecular flexibility index (Phi) is 3.81. The van der Waals surface area contributed by atoms with Crippen molar-refractivity contribution >= 4 is 0 Å². The predicted molar refractivity (Wildman–Crippen MR) is 104 cm³/mol. The molecule has 0 aromatic heterocycles. The fourth-order valence-electron chi connectivity index (χ4n) is 5.29. The Balaban J connectivity index is 1.81. The summed E-state index contributed by atoms with van der Waals surface area (Å²) in [5.74, 6) is 1.88. The molecule has 0 radical (unpaired) electrons. The SMILES string of the molecule is COc1ccc2c3c1OC1CC(O)C=CC31C(c1ccccc1)CN(C)C2. The molecule has 2 aromatic carbocycles. The highest BCUT2D eigenvalue weighted by Crippen LogP contribution is 2.59. The summed E-state index contributed by atoms with van der Waals surface area (Å²) in [7, 11) is 3.87. The Morgan fingerprint density at radius 1 is 1.19 bits per heavy atom. The van der Waals surface area contributed by atoms with Crippen LogP contribution in [0.5, 0.6) is 11.5 Å². The smallest absolute Gasteiger partial charge is 0.166 e. The summed E-state index contributed by atoms with van der Waals surface area (Å²) in [4.78, 5) is 2.39. The van der Waals surface area contributed by atoms with Crippen LogP contribution in [0.3, 0.4) is 0 Å². The zero-order valence-corrected chi connectivity index (χ0v) is 15.8. The Bertz CT molecular complexity index is 894. The summed E-state index contributed by atoms with van der Waals surface area (Å²) in [6.45, 7) is 1.81. The third-order valence-electron chi connectivity index (χ3n) is 6.42. The van der Waals surface area contributed by atoms with Gasteiger partial charge in [-0.25, -0.2) is 0 Å². The summed E-state index contributed by atoms with van der Waals surface area (Å²) < 4.78 is 12.1. The summed E-state index contributed by atoms with van der Waals surface area (Å²) in [6, 6.07) is 14.9. The molecule has 0 bridgehead atoms. The van der Waals surface area contributed by atoms with Gasteiger partial charge in [-0.3, -0.25) is 0 Å². The Morgan fingerprint density at radius 2 is 2.00 bits per heavy atom. The molecule has 4 nitrogen and oxygen atoms in total. The van der Waals surface area contributed by atoms with E-state index in [4.69, 9.17) is 9.47 Å². The van der Waals surface area contributed by atoms with Crippen LogP contribution in [0.2, 0.25) is 0 Å². The van der Waals surface area contributed by atoms with Crippen LogP contribution in [0.25, 0.3) is 0 Å². The number of hydrogen-bond acceptors (Lipinski definition) is 4. The molecule has 4 heteroatoms. The molecular weight excluding hydrogens is 338 g/mol. The van der Waals surface area contributed by atoms with Crippen LogP contribution < -0.4 is 9.47 Å². The minimum absolute atomic E-state index is 0.0979. The maximum atomic E-state index is 10.3. The van der Waals surface area contributed by atoms with Crippen molar-refractivity contribution in [2.45, 2.75) is 36.5 Å². The Hall–Kier alpha value is -2.30. The molecule has 0 amide bonds. The van der Waals surface area contributed by atoms with E-state index >= 15 is 0 Å². The van der Waals surface area contributed by atoms with Crippen molar-refractivity contribution in [3.63, 3.8) is 0 Å². The molecule has 1 N–H and O–H groups in total. The van der Waals surface area contributed by atoms with E-state index in [1.54, 1.807) is 7.11 Å². The number of ether oxygens (including phenoxy) is 2. The quantitative estimate of drug-likeness (QED) is 0.832. The van der Waals surface area contributed by atoms with E-state index in [0.29, 0.717) is 6.42 Å². The van der Waals surface area contributed by atoms with Crippen LogP contribution >= 0.6 is 0 Å². The lowest BCUT2D eigenvalue weighted by molar-refractivity contribution is 0.0737. The van der Waals surface area contributed by atoms with Gasteiger partial charge >= 0.3 is 0 Å². The lowest BCUT2D eigenvalue weighted by atomic mass is 9.61. The van der Waals surface area contributed by atoms with Gasteiger partial charge in [-0.15, -0.1) is 0 Å². The monoisotopic (exact) mass is 363 g/mol. The number of hydrogen-bond donors (Lipinski definition) is 1. The van der Waals surface area contributed by atoms with Gasteiger partial charge in [0.25, 0.3) is 0 Å². The number of methoxy groups -OCH3 is 1. The van der Waals surface area contributed by atoms with E-state index in [2.05, 4.69) is 54.4 Å². The third kappa shape index (κ3) is 2.36. The van der Waals surface area contributed by atoms with E-state index in [0.717, 1.165) is 24.6 Å². The van der Waals surface area contributed by atoms with Gasteiger partial charge in [0, 0.05) is 31.0 Å². The summed E-state index contributed by atoms with van der Waals surface area (Å²) in [5, 5.41) is 10.3. The van der Waals surface area contributed by atoms with E-state index in [9.17, 15) is 5.11 Å². The second kappa shape index (κ2) is 6.11. The van der Waals surface area contributed by atoms with Crippen molar-refractivity contribution in [2.24, 2.45) is 0 Å². The topological polar surface area (TPSA) is 41.9 Å². The second-order valence-corrected chi connectivity index (χ2v) is 7.99. The molecule has 2 aliphatic heterocycles. The lowest BCUT2D eigenvalue weighted by Gasteiger charge is -2.42. The predicted octanol–water partition coefficient (Wildman–Crippen LogP) is 3.24. The van der Waals surface area contributed by atoms with Gasteiger partial charge in [0.2, 0.25) is 0 Å². The number of benzene rings is 2. The molecule has 0 fully saturated rings. The molecule has 1 aliphatic carbocycles. The molecule has 0 saturated carbocycles. The first-order valence-electron chi connectivity index (χ1n) is 9.61. The molecule has 2 aromatic rings. The number of rotatable bonds is 2. The van der Waals surface area contributed by atoms with E-state index in [1.165, 1.54) is 16.7 Å². The normalized spacial score (nSPS) is 31.6. The van der Waals surface area contributed by atoms with Crippen LogP contribution in [0.4, 0.5) is 0 Å². The molecule has 0 saturated heterocycles. The van der Waals surface area contributed by atoms with Gasteiger partial charge in [0.15, 0.2) is 11.5 Å². The average Bonchev–Trinajstić information content (AvgIpc) is 2.95. The van der Waals surface area contributed by atoms with Gasteiger partial charge in [0.05, 0.1) is 18.6 Å². The highest BCUT2D eigenvalue weighted by atomic mass is 16.5. The Morgan fingerprint density at radius 3 is 2.78 bits per heavy atom. The molecule has 5 rings (SSSR count). The van der Waals surface area contributed by atoms with Gasteiger partial charge < -0.3 is 19.5 Å². The number of nitrogens with zero attached hydrogens (tertiary/aromatic N) is 1. The van der Waals surface area contributed by atoms with E-state index < -0.39 is 6.10 Å². The fraction of sp³-hybridized carbons (Fsp3) is 0.391. The maximum Gasteiger partial charge on any atom is 0.166 e. The van der Waals surface area contributed by atoms with Crippen LogP contribution in [-0.4, -0.2) is 42.9 Å². The first-order valence-corrected chi connectivity index (χ1v) is 9.61. The molecule has 1 spiro atoms. The van der Waals surface area contributed by atoms with Crippen LogP contribution in [-0.2, 0) is 12.0 Å². The summed E-state index contributed by atoms with van der Waals surface area (Å²) in [6.07, 6.45) is 4.21. The molecule has 4 atom stereocenters. The standard InChI is InChI=1S/C23H25NO3/c1-24-13-16-8-9-19(26-2)22-21(16)23(11-10-17(25)12-20(23)27-22)18(14-24)15-6-4-3-5-7-15/h3-11,17-18,20,25H,12-14H2,1-2H3. The van der Waals surface area contributed by atoms with Gasteiger partial charge in [-0.1, -0.05) is 48.6 Å². The zero-order chi connectivity index (χ0) is 18.6. The van der Waals surface area contributed by atoms with Crippen LogP contribution in [0.1, 0.15) is 29.0 Å². The molecule has 3 aliphatic rings. The van der Waals surface area contributed by atoms with Crippen LogP contribution in [0.15, 0.2) is 54.6 Å². The van der Waals surface area contributed by atoms with E-state index in [1.807, 2.05) is 12.1 Å². The first kappa shape index (κ1) is 16.8. The average molecular weight is 363 g/mol. The summed E-state index contributed by atoms with van der Waals surface area (Å²) >= 11 is 0. The molecule has 140 valence electrons. The minimum atomic E-state index is -0.471. The number of likely N-dealkylation sites (N-methyl/N-ethyl adjacent to an activating group) is 1. The Labute approximate surface area is 160 Å². The van der Waals surface area contributed by atoms with Crippen molar-refractivity contribution in [2.75, 3.05) is 20.7 Å². The first-order chi connectivity index (χ1) is 13.1. The highest BCUT2D eigenvalue weighted by molar-refractivity contribution is 5.63. The number of aliphatic hydroxyl groups is 1. The molecule has 4 unspecified atom stereocenters. The van der Waals surface area contributed by atoms with Gasteiger partial charge in [0.1, 0.15) is 6.10 Å². The third-order valence-corrected chi connectivity index (χ3v) is 6.42. The molecular formula is C23H25NO3. The zero-order valence-electron chi connectivity index (χ0n) is 15.8. The van der Waals surface area contributed by atoms with Crippen molar-refractivity contribution in [1.29, 1.82) is 0 Å². The van der Waals surface area contributed by atoms with Crippen molar-refractivity contribution < 1.29 is 14.6 Å². The molecule has 2 heterocycles. The van der Waals surface area contributed by atoms with Crippen molar-refractivity contribution in [1.82, 2.24) is 4.90 Å².